The van der Waals surface area contributed by atoms with E-state index in [0.717, 1.165) is 0 Å². The highest BCUT2D eigenvalue weighted by molar-refractivity contribution is 5.76. The predicted octanol–water partition coefficient (Wildman–Crippen LogP) is -2.60. The first-order chi connectivity index (χ1) is 9.62. The lowest BCUT2D eigenvalue weighted by atomic mass is 9.83. The van der Waals surface area contributed by atoms with Crippen LogP contribution in [0.25, 0.3) is 0 Å². The number of hydrogen-bond donors (Lipinski definition) is 6. The first kappa shape index (κ1) is 17.8. The van der Waals surface area contributed by atoms with Gasteiger partial charge in [0.25, 0.3) is 5.79 Å². The van der Waals surface area contributed by atoms with E-state index in [4.69, 9.17) is 14.9 Å². The molecule has 1 unspecified atom stereocenters. The number of nitrogens with one attached hydrogen (secondary N) is 1. The SMILES string of the molecule is CC(=O)N[C@H]1C([C@H](O)[C@H](O)CO)O[C@](O)(C(=O)O)C[C@H]1C. The number of hydrogen-bond acceptors (Lipinski definition) is 7. The lowest BCUT2D eigenvalue weighted by Crippen LogP contribution is -2.65. The highest BCUT2D eigenvalue weighted by Crippen LogP contribution is 2.33. The first-order valence-corrected chi connectivity index (χ1v) is 6.50. The second-order valence-corrected chi connectivity index (χ2v) is 5.32. The number of ether oxygens (including phenoxy) is 1. The van der Waals surface area contributed by atoms with Crippen LogP contribution in [-0.2, 0) is 14.3 Å². The number of carbonyl (C=O) groups is 2. The molecule has 1 fully saturated rings. The van der Waals surface area contributed by atoms with E-state index >= 15 is 0 Å². The molecule has 9 heteroatoms. The van der Waals surface area contributed by atoms with Crippen LogP contribution in [0.15, 0.2) is 0 Å². The third-order valence-electron chi connectivity index (χ3n) is 3.52. The van der Waals surface area contributed by atoms with Crippen molar-refractivity contribution in [3.05, 3.63) is 0 Å². The van der Waals surface area contributed by atoms with E-state index in [1.165, 1.54) is 6.92 Å². The standard InChI is InChI=1S/C12H21NO8/c1-5-3-12(20,11(18)19)21-10(8(5)13-6(2)15)9(17)7(16)4-14/h5,7-10,14,16-17,20H,3-4H2,1-2H3,(H,13,15)(H,18,19)/t5-,7-,8-,9-,10?,12+/m1/s1. The molecule has 1 rings (SSSR count). The Bertz CT molecular complexity index is 403. The molecule has 6 N–H and O–H groups in total. The van der Waals surface area contributed by atoms with Crippen LogP contribution < -0.4 is 5.32 Å². The molecule has 1 aliphatic heterocycles. The van der Waals surface area contributed by atoms with Gasteiger partial charge in [-0.05, 0) is 5.92 Å². The largest absolute Gasteiger partial charge is 0.477 e. The molecule has 122 valence electrons. The molecule has 1 heterocycles. The van der Waals surface area contributed by atoms with Gasteiger partial charge in [0.15, 0.2) is 0 Å². The van der Waals surface area contributed by atoms with Crippen molar-refractivity contribution in [1.82, 2.24) is 5.32 Å². The maximum absolute atomic E-state index is 11.2. The Hall–Kier alpha value is -1.26. The summed E-state index contributed by atoms with van der Waals surface area (Å²) < 4.78 is 5.02. The zero-order chi connectivity index (χ0) is 16.4. The second kappa shape index (κ2) is 6.67. The van der Waals surface area contributed by atoms with Crippen molar-refractivity contribution in [2.24, 2.45) is 5.92 Å². The average Bonchev–Trinajstić information content (AvgIpc) is 2.39. The van der Waals surface area contributed by atoms with E-state index in [9.17, 15) is 24.9 Å². The van der Waals surface area contributed by atoms with Crippen molar-refractivity contribution >= 4 is 11.9 Å². The minimum absolute atomic E-state index is 0.300. The number of carboxylic acid groups (broad SMARTS) is 1. The average molecular weight is 307 g/mol. The van der Waals surface area contributed by atoms with Gasteiger partial charge in [-0.2, -0.15) is 0 Å². The number of carboxylic acids is 1. The Kier molecular flexibility index (Phi) is 5.65. The van der Waals surface area contributed by atoms with E-state index in [-0.39, 0.29) is 6.42 Å². The number of amides is 1. The fraction of sp³-hybridized carbons (Fsp3) is 0.833. The van der Waals surface area contributed by atoms with Crippen LogP contribution >= 0.6 is 0 Å². The zero-order valence-electron chi connectivity index (χ0n) is 11.8. The summed E-state index contributed by atoms with van der Waals surface area (Å²) in [6.07, 6.45) is -4.97. The van der Waals surface area contributed by atoms with Gasteiger partial charge in [-0.15, -0.1) is 0 Å². The summed E-state index contributed by atoms with van der Waals surface area (Å²) in [7, 11) is 0. The van der Waals surface area contributed by atoms with E-state index < -0.39 is 54.5 Å². The molecular formula is C12H21NO8. The lowest BCUT2D eigenvalue weighted by Gasteiger charge is -2.45. The smallest absolute Gasteiger partial charge is 0.364 e. The number of aliphatic hydroxyl groups excluding tert-OH is 3. The van der Waals surface area contributed by atoms with Gasteiger partial charge < -0.3 is 35.6 Å². The summed E-state index contributed by atoms with van der Waals surface area (Å²) in [6, 6.07) is -0.821. The Labute approximate surface area is 121 Å². The fourth-order valence-electron chi connectivity index (χ4n) is 2.44. The van der Waals surface area contributed by atoms with Gasteiger partial charge in [0, 0.05) is 13.3 Å². The van der Waals surface area contributed by atoms with Gasteiger partial charge in [-0.1, -0.05) is 6.92 Å². The van der Waals surface area contributed by atoms with Gasteiger partial charge in [-0.3, -0.25) is 4.79 Å². The molecule has 0 saturated carbocycles. The van der Waals surface area contributed by atoms with E-state index in [1.807, 2.05) is 0 Å². The molecule has 1 aliphatic rings. The molecular weight excluding hydrogens is 286 g/mol. The van der Waals surface area contributed by atoms with Crippen molar-refractivity contribution in [2.75, 3.05) is 6.61 Å². The Morgan fingerprint density at radius 2 is 2.00 bits per heavy atom. The Morgan fingerprint density at radius 3 is 2.43 bits per heavy atom. The third-order valence-corrected chi connectivity index (χ3v) is 3.52. The summed E-state index contributed by atoms with van der Waals surface area (Å²) >= 11 is 0. The van der Waals surface area contributed by atoms with Crippen LogP contribution in [0.4, 0.5) is 0 Å². The van der Waals surface area contributed by atoms with Gasteiger partial charge in [-0.25, -0.2) is 4.79 Å². The molecule has 0 bridgehead atoms. The Morgan fingerprint density at radius 1 is 1.43 bits per heavy atom. The van der Waals surface area contributed by atoms with Crippen molar-refractivity contribution < 1.29 is 39.9 Å². The van der Waals surface area contributed by atoms with Gasteiger partial charge in [0.1, 0.15) is 18.3 Å². The van der Waals surface area contributed by atoms with Crippen LogP contribution in [0.3, 0.4) is 0 Å². The van der Waals surface area contributed by atoms with Crippen LogP contribution in [0, 0.1) is 5.92 Å². The predicted molar refractivity (Wildman–Crippen MR) is 67.9 cm³/mol. The fourth-order valence-corrected chi connectivity index (χ4v) is 2.44. The summed E-state index contributed by atoms with van der Waals surface area (Å²) in [6.45, 7) is 2.02. The van der Waals surface area contributed by atoms with Gasteiger partial charge in [0.05, 0.1) is 12.6 Å². The molecule has 6 atom stereocenters. The summed E-state index contributed by atoms with van der Waals surface area (Å²) in [4.78, 5) is 22.3. The normalized spacial score (nSPS) is 35.8. The van der Waals surface area contributed by atoms with E-state index in [1.54, 1.807) is 6.92 Å². The molecule has 9 nitrogen and oxygen atoms in total. The van der Waals surface area contributed by atoms with Crippen molar-refractivity contribution in [3.8, 4) is 0 Å². The highest BCUT2D eigenvalue weighted by atomic mass is 16.7. The first-order valence-electron chi connectivity index (χ1n) is 6.50. The number of aliphatic carboxylic acids is 1. The molecule has 21 heavy (non-hydrogen) atoms. The molecule has 0 aromatic carbocycles. The van der Waals surface area contributed by atoms with Gasteiger partial charge >= 0.3 is 5.97 Å². The van der Waals surface area contributed by atoms with E-state index in [0.29, 0.717) is 0 Å². The number of aliphatic hydroxyl groups is 4. The highest BCUT2D eigenvalue weighted by Gasteiger charge is 2.52. The van der Waals surface area contributed by atoms with Crippen LogP contribution in [0.1, 0.15) is 20.3 Å². The molecule has 0 aromatic heterocycles. The van der Waals surface area contributed by atoms with Crippen LogP contribution in [-0.4, -0.2) is 74.2 Å². The molecule has 1 amide bonds. The van der Waals surface area contributed by atoms with Crippen LogP contribution in [0.5, 0.6) is 0 Å². The molecule has 0 aliphatic carbocycles. The monoisotopic (exact) mass is 307 g/mol. The summed E-state index contributed by atoms with van der Waals surface area (Å²) in [5, 5.41) is 49.8. The second-order valence-electron chi connectivity index (χ2n) is 5.32. The number of carbonyl (C=O) groups excluding carboxylic acids is 1. The maximum Gasteiger partial charge on any atom is 0.364 e. The minimum atomic E-state index is -2.53. The van der Waals surface area contributed by atoms with Crippen molar-refractivity contribution in [1.29, 1.82) is 0 Å². The third kappa shape index (κ3) is 3.89. The van der Waals surface area contributed by atoms with Crippen molar-refractivity contribution in [3.63, 3.8) is 0 Å². The number of rotatable bonds is 5. The molecule has 1 saturated heterocycles. The summed E-state index contributed by atoms with van der Waals surface area (Å²) in [5.41, 5.74) is 0. The van der Waals surface area contributed by atoms with Crippen molar-refractivity contribution in [2.45, 2.75) is 50.4 Å². The zero-order valence-corrected chi connectivity index (χ0v) is 11.8. The minimum Gasteiger partial charge on any atom is -0.477 e. The quantitative estimate of drug-likeness (QED) is 0.323. The maximum atomic E-state index is 11.2. The van der Waals surface area contributed by atoms with Crippen LogP contribution in [0.2, 0.25) is 0 Å². The molecule has 0 spiro atoms. The lowest BCUT2D eigenvalue weighted by molar-refractivity contribution is -0.288. The topological polar surface area (TPSA) is 157 Å². The molecule has 0 radical (unpaired) electrons. The Balaban J connectivity index is 3.07. The summed E-state index contributed by atoms with van der Waals surface area (Å²) in [5.74, 6) is -5.15. The molecule has 0 aromatic rings. The van der Waals surface area contributed by atoms with Gasteiger partial charge in [0.2, 0.25) is 5.91 Å². The van der Waals surface area contributed by atoms with E-state index in [2.05, 4.69) is 5.32 Å².